The number of rotatable bonds is 5. The maximum Gasteiger partial charge on any atom is 0.229 e. The molecule has 2 atom stereocenters. The van der Waals surface area contributed by atoms with Gasteiger partial charge in [-0.1, -0.05) is 37.3 Å². The highest BCUT2D eigenvalue weighted by Gasteiger charge is 2.25. The van der Waals surface area contributed by atoms with Crippen molar-refractivity contribution < 1.29 is 14.3 Å². The van der Waals surface area contributed by atoms with Gasteiger partial charge in [0.2, 0.25) is 6.79 Å². The molecule has 0 fully saturated rings. The molecule has 3 nitrogen and oxygen atoms in total. The van der Waals surface area contributed by atoms with Crippen molar-refractivity contribution in [3.05, 3.63) is 47.9 Å². The molecule has 2 unspecified atom stereocenters. The first kappa shape index (κ1) is 11.7. The Kier molecular flexibility index (Phi) is 3.81. The van der Waals surface area contributed by atoms with E-state index in [0.717, 1.165) is 18.5 Å². The van der Waals surface area contributed by atoms with E-state index in [0.29, 0.717) is 0 Å². The standard InChI is InChI=1S/C14H16O3/c1-11(8-15)13(14-9-16-10-17-14)7-12-5-3-2-4-6-12/h2-6,8-9,11,13H,7,10H2,1H3. The van der Waals surface area contributed by atoms with Crippen LogP contribution in [-0.4, -0.2) is 13.1 Å². The quantitative estimate of drug-likeness (QED) is 0.732. The summed E-state index contributed by atoms with van der Waals surface area (Å²) in [6.45, 7) is 2.16. The Morgan fingerprint density at radius 2 is 2.12 bits per heavy atom. The maximum absolute atomic E-state index is 11.0. The summed E-state index contributed by atoms with van der Waals surface area (Å²) in [7, 11) is 0. The zero-order valence-corrected chi connectivity index (χ0v) is 9.84. The summed E-state index contributed by atoms with van der Waals surface area (Å²) in [4.78, 5) is 11.0. The largest absolute Gasteiger partial charge is 0.462 e. The highest BCUT2D eigenvalue weighted by Crippen LogP contribution is 2.27. The van der Waals surface area contributed by atoms with Gasteiger partial charge in [0.05, 0.1) is 0 Å². The Morgan fingerprint density at radius 3 is 2.71 bits per heavy atom. The molecule has 3 heteroatoms. The smallest absolute Gasteiger partial charge is 0.229 e. The molecule has 0 bridgehead atoms. The van der Waals surface area contributed by atoms with E-state index in [1.165, 1.54) is 5.56 Å². The summed E-state index contributed by atoms with van der Waals surface area (Å²) < 4.78 is 10.5. The fraction of sp³-hybridized carbons (Fsp3) is 0.357. The highest BCUT2D eigenvalue weighted by atomic mass is 16.7. The zero-order chi connectivity index (χ0) is 12.1. The van der Waals surface area contributed by atoms with Crippen LogP contribution in [0.5, 0.6) is 0 Å². The summed E-state index contributed by atoms with van der Waals surface area (Å²) in [6, 6.07) is 10.1. The average Bonchev–Trinajstić information content (AvgIpc) is 2.90. The predicted octanol–water partition coefficient (Wildman–Crippen LogP) is 2.53. The lowest BCUT2D eigenvalue weighted by Gasteiger charge is -2.19. The molecule has 1 aromatic carbocycles. The SMILES string of the molecule is CC(C=O)C(Cc1ccccc1)C1=COCO1. The Balaban J connectivity index is 2.13. The molecular weight excluding hydrogens is 216 g/mol. The molecule has 0 amide bonds. The second kappa shape index (κ2) is 5.53. The van der Waals surface area contributed by atoms with E-state index in [2.05, 4.69) is 12.1 Å². The van der Waals surface area contributed by atoms with Crippen molar-refractivity contribution in [2.24, 2.45) is 11.8 Å². The van der Waals surface area contributed by atoms with Crippen molar-refractivity contribution >= 4 is 6.29 Å². The van der Waals surface area contributed by atoms with Crippen molar-refractivity contribution in [3.8, 4) is 0 Å². The van der Waals surface area contributed by atoms with Crippen molar-refractivity contribution in [2.45, 2.75) is 13.3 Å². The Labute approximate surface area is 101 Å². The van der Waals surface area contributed by atoms with Crippen molar-refractivity contribution in [1.82, 2.24) is 0 Å². The lowest BCUT2D eigenvalue weighted by molar-refractivity contribution is -0.112. The van der Waals surface area contributed by atoms with Crippen LogP contribution in [0.2, 0.25) is 0 Å². The summed E-state index contributed by atoms with van der Waals surface area (Å²) in [5.74, 6) is 0.744. The molecule has 1 aliphatic rings. The molecule has 0 aromatic heterocycles. The third-order valence-corrected chi connectivity index (χ3v) is 3.01. The Bertz CT molecular complexity index is 397. The van der Waals surface area contributed by atoms with Gasteiger partial charge in [0.15, 0.2) is 0 Å². The summed E-state index contributed by atoms with van der Waals surface area (Å²) in [5.41, 5.74) is 1.20. The number of hydrogen-bond donors (Lipinski definition) is 0. The van der Waals surface area contributed by atoms with Gasteiger partial charge in [-0.15, -0.1) is 0 Å². The lowest BCUT2D eigenvalue weighted by Crippen LogP contribution is -2.18. The fourth-order valence-electron chi connectivity index (χ4n) is 1.96. The molecule has 0 saturated heterocycles. The van der Waals surface area contributed by atoms with Crippen molar-refractivity contribution in [3.63, 3.8) is 0 Å². The average molecular weight is 232 g/mol. The van der Waals surface area contributed by atoms with Crippen LogP contribution in [0.3, 0.4) is 0 Å². The first-order valence-electron chi connectivity index (χ1n) is 5.75. The zero-order valence-electron chi connectivity index (χ0n) is 9.84. The Morgan fingerprint density at radius 1 is 1.35 bits per heavy atom. The van der Waals surface area contributed by atoms with E-state index in [1.54, 1.807) is 6.26 Å². The molecule has 0 saturated carbocycles. The van der Waals surface area contributed by atoms with Gasteiger partial charge < -0.3 is 14.3 Å². The number of carbonyl (C=O) groups is 1. The van der Waals surface area contributed by atoms with Gasteiger partial charge in [-0.05, 0) is 12.0 Å². The number of ether oxygens (including phenoxy) is 2. The summed E-state index contributed by atoms with van der Waals surface area (Å²) in [5, 5.41) is 0. The van der Waals surface area contributed by atoms with Crippen LogP contribution in [0, 0.1) is 11.8 Å². The first-order chi connectivity index (χ1) is 8.31. The molecule has 90 valence electrons. The minimum absolute atomic E-state index is 0.0531. The molecule has 1 aliphatic heterocycles. The third kappa shape index (κ3) is 2.87. The molecular formula is C14H16O3. The topological polar surface area (TPSA) is 35.5 Å². The molecule has 2 rings (SSSR count). The van der Waals surface area contributed by atoms with Crippen LogP contribution >= 0.6 is 0 Å². The van der Waals surface area contributed by atoms with E-state index >= 15 is 0 Å². The van der Waals surface area contributed by atoms with Gasteiger partial charge in [-0.3, -0.25) is 0 Å². The van der Waals surface area contributed by atoms with Gasteiger partial charge in [0.1, 0.15) is 18.3 Å². The molecule has 17 heavy (non-hydrogen) atoms. The van der Waals surface area contributed by atoms with Crippen LogP contribution in [0.15, 0.2) is 42.4 Å². The van der Waals surface area contributed by atoms with Crippen molar-refractivity contribution in [2.75, 3.05) is 6.79 Å². The van der Waals surface area contributed by atoms with Crippen LogP contribution in [0.25, 0.3) is 0 Å². The molecule has 0 aliphatic carbocycles. The van der Waals surface area contributed by atoms with Gasteiger partial charge in [0, 0.05) is 11.8 Å². The number of aldehydes is 1. The van der Waals surface area contributed by atoms with Gasteiger partial charge >= 0.3 is 0 Å². The van der Waals surface area contributed by atoms with Gasteiger partial charge in [-0.2, -0.15) is 0 Å². The van der Waals surface area contributed by atoms with Crippen LogP contribution < -0.4 is 0 Å². The second-order valence-electron chi connectivity index (χ2n) is 4.24. The molecule has 1 heterocycles. The molecule has 0 radical (unpaired) electrons. The van der Waals surface area contributed by atoms with E-state index in [-0.39, 0.29) is 18.6 Å². The fourth-order valence-corrected chi connectivity index (χ4v) is 1.96. The van der Waals surface area contributed by atoms with Gasteiger partial charge in [0.25, 0.3) is 0 Å². The van der Waals surface area contributed by atoms with E-state index in [4.69, 9.17) is 9.47 Å². The van der Waals surface area contributed by atoms with E-state index < -0.39 is 0 Å². The molecule has 0 N–H and O–H groups in total. The monoisotopic (exact) mass is 232 g/mol. The normalized spacial score (nSPS) is 17.6. The lowest BCUT2D eigenvalue weighted by atomic mass is 9.87. The molecule has 1 aromatic rings. The highest BCUT2D eigenvalue weighted by molar-refractivity contribution is 5.54. The first-order valence-corrected chi connectivity index (χ1v) is 5.75. The number of carbonyl (C=O) groups excluding carboxylic acids is 1. The van der Waals surface area contributed by atoms with Crippen LogP contribution in [0.4, 0.5) is 0 Å². The Hall–Kier alpha value is -1.77. The predicted molar refractivity (Wildman–Crippen MR) is 64.0 cm³/mol. The maximum atomic E-state index is 11.0. The molecule has 0 spiro atoms. The minimum Gasteiger partial charge on any atom is -0.462 e. The van der Waals surface area contributed by atoms with Crippen LogP contribution in [0.1, 0.15) is 12.5 Å². The number of allylic oxidation sites excluding steroid dienone is 1. The third-order valence-electron chi connectivity index (χ3n) is 3.01. The van der Waals surface area contributed by atoms with Crippen molar-refractivity contribution in [1.29, 1.82) is 0 Å². The summed E-state index contributed by atoms with van der Waals surface area (Å²) in [6.07, 6.45) is 3.37. The van der Waals surface area contributed by atoms with Gasteiger partial charge in [-0.25, -0.2) is 0 Å². The van der Waals surface area contributed by atoms with Crippen LogP contribution in [-0.2, 0) is 20.7 Å². The number of hydrogen-bond acceptors (Lipinski definition) is 3. The second-order valence-corrected chi connectivity index (χ2v) is 4.24. The number of benzene rings is 1. The minimum atomic E-state index is -0.0804. The van der Waals surface area contributed by atoms with E-state index in [1.807, 2.05) is 25.1 Å². The summed E-state index contributed by atoms with van der Waals surface area (Å²) >= 11 is 0. The van der Waals surface area contributed by atoms with E-state index in [9.17, 15) is 4.79 Å².